The van der Waals surface area contributed by atoms with Gasteiger partial charge in [-0.3, -0.25) is 4.79 Å². The highest BCUT2D eigenvalue weighted by molar-refractivity contribution is 8.01. The van der Waals surface area contributed by atoms with Crippen molar-refractivity contribution >= 4 is 17.7 Å². The Bertz CT molecular complexity index is 526. The van der Waals surface area contributed by atoms with Crippen LogP contribution in [0.5, 0.6) is 0 Å². The molecule has 2 bridgehead atoms. The average Bonchev–Trinajstić information content (AvgIpc) is 3.24. The Balaban J connectivity index is 1.75. The summed E-state index contributed by atoms with van der Waals surface area (Å²) in [6.07, 6.45) is 13.9. The molecule has 154 valence electrons. The minimum Gasteiger partial charge on any atom is -0.481 e. The number of rotatable bonds is 13. The van der Waals surface area contributed by atoms with Crippen LogP contribution >= 0.6 is 11.8 Å². The van der Waals surface area contributed by atoms with Gasteiger partial charge >= 0.3 is 5.97 Å². The Kier molecular flexibility index (Phi) is 9.99. The number of carboxylic acid groups (broad SMARTS) is 1. The van der Waals surface area contributed by atoms with Gasteiger partial charge in [0.1, 0.15) is 0 Å². The number of allylic oxidation sites excluding steroid dienone is 3. The molecule has 0 aromatic carbocycles. The molecule has 4 heteroatoms. The van der Waals surface area contributed by atoms with E-state index in [-0.39, 0.29) is 6.42 Å². The quantitative estimate of drug-likeness (QED) is 0.297. The maximum absolute atomic E-state index is 10.6. The van der Waals surface area contributed by atoms with Crippen molar-refractivity contribution in [1.82, 2.24) is 0 Å². The monoisotopic (exact) mass is 394 g/mol. The van der Waals surface area contributed by atoms with Gasteiger partial charge in [0.15, 0.2) is 0 Å². The first kappa shape index (κ1) is 22.5. The molecule has 0 radical (unpaired) electrons. The van der Waals surface area contributed by atoms with Crippen LogP contribution < -0.4 is 0 Å². The highest BCUT2D eigenvalue weighted by Crippen LogP contribution is 2.54. The van der Waals surface area contributed by atoms with Gasteiger partial charge in [0.25, 0.3) is 0 Å². The van der Waals surface area contributed by atoms with Crippen molar-refractivity contribution in [3.8, 4) is 0 Å². The average molecular weight is 395 g/mol. The summed E-state index contributed by atoms with van der Waals surface area (Å²) in [6.45, 7) is 8.39. The SMILES string of the molecule is CCCCC(C)=C(C)COC[C@H]1[C@@H](C/C=C\CCCC(=O)O)[C@H]2CC[C@@H]1S2. The summed E-state index contributed by atoms with van der Waals surface area (Å²) < 4.78 is 6.17. The molecule has 0 saturated carbocycles. The highest BCUT2D eigenvalue weighted by Gasteiger charge is 2.47. The van der Waals surface area contributed by atoms with E-state index in [1.165, 1.54) is 43.3 Å². The summed E-state index contributed by atoms with van der Waals surface area (Å²) in [4.78, 5) is 10.6. The van der Waals surface area contributed by atoms with Crippen LogP contribution in [0.25, 0.3) is 0 Å². The van der Waals surface area contributed by atoms with Crippen molar-refractivity contribution in [3.05, 3.63) is 23.3 Å². The summed E-state index contributed by atoms with van der Waals surface area (Å²) in [7, 11) is 0. The highest BCUT2D eigenvalue weighted by atomic mass is 32.2. The van der Waals surface area contributed by atoms with Gasteiger partial charge in [-0.1, -0.05) is 31.1 Å². The third-order valence-corrected chi connectivity index (χ3v) is 8.06. The third kappa shape index (κ3) is 7.30. The van der Waals surface area contributed by atoms with Gasteiger partial charge < -0.3 is 9.84 Å². The van der Waals surface area contributed by atoms with E-state index in [1.54, 1.807) is 0 Å². The zero-order valence-corrected chi connectivity index (χ0v) is 18.2. The zero-order valence-electron chi connectivity index (χ0n) is 17.4. The lowest BCUT2D eigenvalue weighted by Gasteiger charge is -2.29. The summed E-state index contributed by atoms with van der Waals surface area (Å²) >= 11 is 2.19. The molecule has 2 rings (SSSR count). The number of aliphatic carboxylic acids is 1. The van der Waals surface area contributed by atoms with E-state index in [9.17, 15) is 4.79 Å². The van der Waals surface area contributed by atoms with Crippen LogP contribution in [0.1, 0.15) is 78.6 Å². The number of unbranched alkanes of at least 4 members (excludes halogenated alkanes) is 2. The molecule has 2 aliphatic rings. The molecule has 0 aromatic heterocycles. The number of fused-ring (bicyclic) bond motifs is 2. The molecule has 0 aromatic rings. The van der Waals surface area contributed by atoms with E-state index in [4.69, 9.17) is 9.84 Å². The van der Waals surface area contributed by atoms with Crippen molar-refractivity contribution in [2.24, 2.45) is 11.8 Å². The van der Waals surface area contributed by atoms with Crippen LogP contribution in [-0.2, 0) is 9.53 Å². The molecule has 0 unspecified atom stereocenters. The van der Waals surface area contributed by atoms with Crippen LogP contribution in [0.4, 0.5) is 0 Å². The lowest BCUT2D eigenvalue weighted by Crippen LogP contribution is -2.30. The Labute approximate surface area is 170 Å². The molecule has 1 N–H and O–H groups in total. The van der Waals surface area contributed by atoms with Crippen LogP contribution in [0.3, 0.4) is 0 Å². The fraction of sp³-hybridized carbons (Fsp3) is 0.783. The molecule has 2 aliphatic heterocycles. The molecule has 27 heavy (non-hydrogen) atoms. The van der Waals surface area contributed by atoms with Gasteiger partial charge in [0.2, 0.25) is 0 Å². The second-order valence-electron chi connectivity index (χ2n) is 8.29. The molecule has 2 fully saturated rings. The summed E-state index contributed by atoms with van der Waals surface area (Å²) in [6, 6.07) is 0. The number of ether oxygens (including phenoxy) is 1. The first-order chi connectivity index (χ1) is 13.0. The van der Waals surface area contributed by atoms with Gasteiger partial charge in [-0.15, -0.1) is 0 Å². The van der Waals surface area contributed by atoms with Crippen molar-refractivity contribution in [2.75, 3.05) is 13.2 Å². The molecule has 2 saturated heterocycles. The Morgan fingerprint density at radius 2 is 1.81 bits per heavy atom. The molecule has 0 spiro atoms. The van der Waals surface area contributed by atoms with Gasteiger partial charge in [-0.25, -0.2) is 0 Å². The third-order valence-electron chi connectivity index (χ3n) is 6.19. The molecule has 4 atom stereocenters. The minimum absolute atomic E-state index is 0.273. The van der Waals surface area contributed by atoms with Crippen LogP contribution in [0, 0.1) is 11.8 Å². The molecular weight excluding hydrogens is 356 g/mol. The largest absolute Gasteiger partial charge is 0.481 e. The summed E-state index contributed by atoms with van der Waals surface area (Å²) in [5.41, 5.74) is 2.91. The predicted octanol–water partition coefficient (Wildman–Crippen LogP) is 6.24. The van der Waals surface area contributed by atoms with E-state index in [1.807, 2.05) is 0 Å². The smallest absolute Gasteiger partial charge is 0.303 e. The normalized spacial score (nSPS) is 28.1. The maximum atomic E-state index is 10.6. The van der Waals surface area contributed by atoms with Gasteiger partial charge in [-0.2, -0.15) is 11.8 Å². The zero-order chi connectivity index (χ0) is 19.6. The van der Waals surface area contributed by atoms with Crippen LogP contribution in [0.2, 0.25) is 0 Å². The topological polar surface area (TPSA) is 46.5 Å². The number of hydrogen-bond donors (Lipinski definition) is 1. The van der Waals surface area contributed by atoms with Crippen molar-refractivity contribution in [2.45, 2.75) is 89.1 Å². The second-order valence-corrected chi connectivity index (χ2v) is 9.77. The van der Waals surface area contributed by atoms with Crippen molar-refractivity contribution < 1.29 is 14.6 Å². The van der Waals surface area contributed by atoms with Gasteiger partial charge in [0, 0.05) is 16.9 Å². The van der Waals surface area contributed by atoms with Gasteiger partial charge in [-0.05, 0) is 76.2 Å². The minimum atomic E-state index is -0.695. The maximum Gasteiger partial charge on any atom is 0.303 e. The standard InChI is InChI=1S/C23H38O3S/c1-4-5-10-17(2)18(3)15-26-16-20-19(21-13-14-22(20)27-21)11-8-6-7-9-12-23(24)25/h6,8,19-22H,4-5,7,9-16H2,1-3H3,(H,24,25)/b8-6-,18-17?/t19-,20+,21-,22+/m1/s1. The number of carboxylic acids is 1. The molecular formula is C23H38O3S. The van der Waals surface area contributed by atoms with Gasteiger partial charge in [0.05, 0.1) is 13.2 Å². The Morgan fingerprint density at radius 1 is 1.07 bits per heavy atom. The van der Waals surface area contributed by atoms with E-state index in [0.29, 0.717) is 5.92 Å². The lowest BCUT2D eigenvalue weighted by atomic mass is 9.78. The summed E-state index contributed by atoms with van der Waals surface area (Å²) in [5, 5.41) is 10.3. The van der Waals surface area contributed by atoms with E-state index in [2.05, 4.69) is 44.7 Å². The van der Waals surface area contributed by atoms with E-state index < -0.39 is 5.97 Å². The summed E-state index contributed by atoms with van der Waals surface area (Å²) in [5.74, 6) is 0.718. The van der Waals surface area contributed by atoms with Crippen LogP contribution in [-0.4, -0.2) is 34.8 Å². The molecule has 2 heterocycles. The fourth-order valence-corrected chi connectivity index (χ4v) is 6.29. The number of thioether (sulfide) groups is 1. The van der Waals surface area contributed by atoms with Crippen LogP contribution in [0.15, 0.2) is 23.3 Å². The van der Waals surface area contributed by atoms with E-state index >= 15 is 0 Å². The van der Waals surface area contributed by atoms with Crippen molar-refractivity contribution in [1.29, 1.82) is 0 Å². The Hall–Kier alpha value is -0.740. The van der Waals surface area contributed by atoms with E-state index in [0.717, 1.165) is 48.9 Å². The molecule has 3 nitrogen and oxygen atoms in total. The fourth-order valence-electron chi connectivity index (χ4n) is 4.30. The first-order valence-corrected chi connectivity index (χ1v) is 11.7. The predicted molar refractivity (Wildman–Crippen MR) is 115 cm³/mol. The van der Waals surface area contributed by atoms with Crippen molar-refractivity contribution in [3.63, 3.8) is 0 Å². The first-order valence-electron chi connectivity index (χ1n) is 10.8. The molecule has 0 amide bonds. The number of carbonyl (C=O) groups is 1. The Morgan fingerprint density at radius 3 is 2.52 bits per heavy atom. The molecule has 0 aliphatic carbocycles. The lowest BCUT2D eigenvalue weighted by molar-refractivity contribution is -0.137. The number of hydrogen-bond acceptors (Lipinski definition) is 3. The second kappa shape index (κ2) is 12.0.